The van der Waals surface area contributed by atoms with Crippen LogP contribution in [-0.2, 0) is 4.79 Å². The van der Waals surface area contributed by atoms with E-state index in [2.05, 4.69) is 36.8 Å². The molecule has 1 atom stereocenters. The Balaban J connectivity index is 1.59. The maximum Gasteiger partial charge on any atom is 0.237 e. The molecule has 4 rings (SSSR count). The summed E-state index contributed by atoms with van der Waals surface area (Å²) in [4.78, 5) is 23.1. The summed E-state index contributed by atoms with van der Waals surface area (Å²) in [7, 11) is 1.67. The summed E-state index contributed by atoms with van der Waals surface area (Å²) >= 11 is 1.45. The fraction of sp³-hybridized carbons (Fsp3) is 0.364. The van der Waals surface area contributed by atoms with Crippen LogP contribution in [0.25, 0.3) is 11.0 Å². The van der Waals surface area contributed by atoms with Crippen LogP contribution in [0.5, 0.6) is 5.75 Å². The Morgan fingerprint density at radius 2 is 2.11 bits per heavy atom. The van der Waals surface area contributed by atoms with Crippen molar-refractivity contribution in [3.05, 3.63) is 48.0 Å². The van der Waals surface area contributed by atoms with Gasteiger partial charge < -0.3 is 14.6 Å². The third-order valence-corrected chi connectivity index (χ3v) is 6.23. The number of benzene rings is 2. The molecule has 3 aromatic rings. The maximum atomic E-state index is 13.3. The molecule has 5 nitrogen and oxygen atoms in total. The second-order valence-electron chi connectivity index (χ2n) is 7.92. The van der Waals surface area contributed by atoms with Crippen molar-refractivity contribution < 1.29 is 9.53 Å². The Hall–Kier alpha value is -2.47. The van der Waals surface area contributed by atoms with Crippen molar-refractivity contribution in [3.63, 3.8) is 0 Å². The first-order valence-electron chi connectivity index (χ1n) is 9.47. The average molecular weight is 396 g/mol. The van der Waals surface area contributed by atoms with Crippen molar-refractivity contribution in [1.29, 1.82) is 0 Å². The number of anilines is 1. The molecule has 0 fully saturated rings. The van der Waals surface area contributed by atoms with E-state index in [1.165, 1.54) is 17.3 Å². The number of para-hydroxylation sites is 2. The molecule has 6 heteroatoms. The van der Waals surface area contributed by atoms with Gasteiger partial charge in [-0.1, -0.05) is 30.8 Å². The molecule has 1 amide bonds. The van der Waals surface area contributed by atoms with Gasteiger partial charge in [0.2, 0.25) is 5.91 Å². The molecule has 0 spiro atoms. The Morgan fingerprint density at radius 1 is 1.32 bits per heavy atom. The number of hydrogen-bond acceptors (Lipinski definition) is 4. The number of rotatable bonds is 4. The van der Waals surface area contributed by atoms with E-state index in [0.717, 1.165) is 34.0 Å². The number of carbonyl (C=O) groups excluding carboxylic acids is 1. The van der Waals surface area contributed by atoms with Crippen molar-refractivity contribution in [1.82, 2.24) is 9.97 Å². The number of ether oxygens (including phenoxy) is 1. The fourth-order valence-corrected chi connectivity index (χ4v) is 4.93. The molecule has 0 bridgehead atoms. The molecular weight excluding hydrogens is 370 g/mol. The number of thioether (sulfide) groups is 1. The highest BCUT2D eigenvalue weighted by molar-refractivity contribution is 7.99. The molecule has 1 unspecified atom stereocenters. The van der Waals surface area contributed by atoms with Gasteiger partial charge >= 0.3 is 0 Å². The zero-order chi connectivity index (χ0) is 19.9. The van der Waals surface area contributed by atoms with Gasteiger partial charge in [0.05, 0.1) is 23.9 Å². The number of hydrogen-bond donors (Lipinski definition) is 1. The normalized spacial score (nSPS) is 18.1. The van der Waals surface area contributed by atoms with Crippen LogP contribution in [0, 0.1) is 0 Å². The lowest BCUT2D eigenvalue weighted by Crippen LogP contribution is -2.52. The number of methoxy groups -OCH3 is 1. The first kappa shape index (κ1) is 18.9. The molecule has 146 valence electrons. The SMILES string of the molecule is COc1ccc2c(c1)C(C)CC(C)(C)N2C(=O)CSc1nc2ccccc2[nH]1. The van der Waals surface area contributed by atoms with Crippen LogP contribution >= 0.6 is 11.8 Å². The van der Waals surface area contributed by atoms with Crippen LogP contribution in [-0.4, -0.2) is 34.3 Å². The quantitative estimate of drug-likeness (QED) is 0.633. The molecule has 1 aromatic heterocycles. The summed E-state index contributed by atoms with van der Waals surface area (Å²) < 4.78 is 5.39. The molecule has 1 aliphatic heterocycles. The van der Waals surface area contributed by atoms with Crippen LogP contribution in [0.4, 0.5) is 5.69 Å². The minimum atomic E-state index is -0.244. The van der Waals surface area contributed by atoms with Crippen LogP contribution in [0.2, 0.25) is 0 Å². The van der Waals surface area contributed by atoms with Crippen molar-refractivity contribution >= 4 is 34.4 Å². The van der Waals surface area contributed by atoms with Crippen molar-refractivity contribution in [2.24, 2.45) is 0 Å². The van der Waals surface area contributed by atoms with Gasteiger partial charge in [0.25, 0.3) is 0 Å². The third-order valence-electron chi connectivity index (χ3n) is 5.37. The monoisotopic (exact) mass is 395 g/mol. The number of aromatic nitrogens is 2. The zero-order valence-electron chi connectivity index (χ0n) is 16.7. The molecule has 1 aliphatic rings. The van der Waals surface area contributed by atoms with Crippen LogP contribution in [0.3, 0.4) is 0 Å². The minimum Gasteiger partial charge on any atom is -0.497 e. The highest BCUT2D eigenvalue weighted by Crippen LogP contribution is 2.44. The van der Waals surface area contributed by atoms with E-state index < -0.39 is 0 Å². The zero-order valence-corrected chi connectivity index (χ0v) is 17.5. The van der Waals surface area contributed by atoms with Gasteiger partial charge in [0.15, 0.2) is 5.16 Å². The molecular formula is C22H25N3O2S. The maximum absolute atomic E-state index is 13.3. The Labute approximate surface area is 169 Å². The summed E-state index contributed by atoms with van der Waals surface area (Å²) in [5, 5.41) is 0.771. The first-order valence-corrected chi connectivity index (χ1v) is 10.5. The summed E-state index contributed by atoms with van der Waals surface area (Å²) in [6.07, 6.45) is 0.911. The van der Waals surface area contributed by atoms with Gasteiger partial charge in [0.1, 0.15) is 5.75 Å². The third kappa shape index (κ3) is 3.37. The Bertz CT molecular complexity index is 995. The second kappa shape index (κ2) is 7.17. The predicted molar refractivity (Wildman–Crippen MR) is 114 cm³/mol. The molecule has 0 aliphatic carbocycles. The lowest BCUT2D eigenvalue weighted by atomic mass is 9.80. The largest absolute Gasteiger partial charge is 0.497 e. The van der Waals surface area contributed by atoms with Crippen LogP contribution < -0.4 is 9.64 Å². The molecule has 0 saturated carbocycles. The van der Waals surface area contributed by atoms with Crippen molar-refractivity contribution in [2.45, 2.75) is 43.8 Å². The van der Waals surface area contributed by atoms with E-state index in [1.807, 2.05) is 41.3 Å². The number of aromatic amines is 1. The summed E-state index contributed by atoms with van der Waals surface area (Å²) in [5.74, 6) is 1.62. The molecule has 0 saturated heterocycles. The number of H-pyrrole nitrogens is 1. The standard InChI is InChI=1S/C22H25N3O2S/c1-14-12-22(2,3)25(19-10-9-15(27-4)11-16(14)19)20(26)13-28-21-23-17-7-5-6-8-18(17)24-21/h5-11,14H,12-13H2,1-4H3,(H,23,24). The second-order valence-corrected chi connectivity index (χ2v) is 8.88. The van der Waals surface area contributed by atoms with Crippen molar-refractivity contribution in [2.75, 3.05) is 17.8 Å². The van der Waals surface area contributed by atoms with Crippen LogP contribution in [0.1, 0.15) is 38.7 Å². The van der Waals surface area contributed by atoms with Gasteiger partial charge in [-0.25, -0.2) is 4.98 Å². The molecule has 2 heterocycles. The molecule has 2 aromatic carbocycles. The number of nitrogens with one attached hydrogen (secondary N) is 1. The Morgan fingerprint density at radius 3 is 2.86 bits per heavy atom. The summed E-state index contributed by atoms with van der Waals surface area (Å²) in [6, 6.07) is 13.9. The first-order chi connectivity index (χ1) is 13.4. The number of nitrogens with zero attached hydrogens (tertiary/aromatic N) is 2. The molecule has 0 radical (unpaired) electrons. The minimum absolute atomic E-state index is 0.0915. The number of carbonyl (C=O) groups is 1. The van der Waals surface area contributed by atoms with Crippen molar-refractivity contribution in [3.8, 4) is 5.75 Å². The Kier molecular flexibility index (Phi) is 4.83. The highest BCUT2D eigenvalue weighted by atomic mass is 32.2. The highest BCUT2D eigenvalue weighted by Gasteiger charge is 2.39. The molecule has 28 heavy (non-hydrogen) atoms. The van der Waals surface area contributed by atoms with E-state index in [1.54, 1.807) is 7.11 Å². The number of fused-ring (bicyclic) bond motifs is 2. The van der Waals surface area contributed by atoms with Gasteiger partial charge in [-0.2, -0.15) is 0 Å². The predicted octanol–water partition coefficient (Wildman–Crippen LogP) is 4.98. The summed E-state index contributed by atoms with van der Waals surface area (Å²) in [5.41, 5.74) is 3.82. The van der Waals surface area contributed by atoms with Gasteiger partial charge in [-0.05, 0) is 62.1 Å². The smallest absolute Gasteiger partial charge is 0.237 e. The lowest BCUT2D eigenvalue weighted by Gasteiger charge is -2.46. The van der Waals surface area contributed by atoms with Gasteiger partial charge in [-0.3, -0.25) is 4.79 Å². The van der Waals surface area contributed by atoms with E-state index in [9.17, 15) is 4.79 Å². The lowest BCUT2D eigenvalue weighted by molar-refractivity contribution is -0.117. The summed E-state index contributed by atoms with van der Waals surface area (Å²) in [6.45, 7) is 6.49. The average Bonchev–Trinajstić information content (AvgIpc) is 3.08. The molecule has 1 N–H and O–H groups in total. The topological polar surface area (TPSA) is 58.2 Å². The van der Waals surface area contributed by atoms with Gasteiger partial charge in [-0.15, -0.1) is 0 Å². The number of imidazole rings is 1. The van der Waals surface area contributed by atoms with E-state index in [-0.39, 0.29) is 11.4 Å². The van der Waals surface area contributed by atoms with Gasteiger partial charge in [0, 0.05) is 11.2 Å². The number of amides is 1. The van der Waals surface area contributed by atoms with Crippen LogP contribution in [0.15, 0.2) is 47.6 Å². The fourth-order valence-electron chi connectivity index (χ4n) is 4.20. The van der Waals surface area contributed by atoms with E-state index in [0.29, 0.717) is 11.7 Å². The van der Waals surface area contributed by atoms with E-state index in [4.69, 9.17) is 4.74 Å². The van der Waals surface area contributed by atoms with E-state index >= 15 is 0 Å².